The number of nitro groups is 1. The molecular weight excluding hydrogens is 220 g/mol. The summed E-state index contributed by atoms with van der Waals surface area (Å²) < 4.78 is 2.50. The van der Waals surface area contributed by atoms with Gasteiger partial charge in [0.2, 0.25) is 0 Å². The second-order valence-electron chi connectivity index (χ2n) is 2.99. The van der Waals surface area contributed by atoms with Gasteiger partial charge in [-0.3, -0.25) is 14.8 Å². The van der Waals surface area contributed by atoms with Crippen molar-refractivity contribution in [2.45, 2.75) is 0 Å². The van der Waals surface area contributed by atoms with Crippen LogP contribution in [0.3, 0.4) is 0 Å². The Bertz CT molecular complexity index is 413. The van der Waals surface area contributed by atoms with E-state index in [0.717, 1.165) is 25.5 Å². The maximum atomic E-state index is 11.8. The Morgan fingerprint density at radius 1 is 1.62 bits per heavy atom. The lowest BCUT2D eigenvalue weighted by Gasteiger charge is -2.34. The summed E-state index contributed by atoms with van der Waals surface area (Å²) >= 11 is 0. The molecule has 1 heterocycles. The molecule has 0 aromatic rings. The summed E-state index contributed by atoms with van der Waals surface area (Å²) in [5.41, 5.74) is -0.846. The Kier molecular flexibility index (Phi) is 3.16. The maximum Gasteiger partial charge on any atom is 0.421 e. The van der Waals surface area contributed by atoms with Gasteiger partial charge >= 0.3 is 17.6 Å². The number of hydrogen-bond acceptors (Lipinski definition) is 6. The van der Waals surface area contributed by atoms with Crippen LogP contribution in [0.5, 0.6) is 0 Å². The van der Waals surface area contributed by atoms with Gasteiger partial charge < -0.3 is 9.94 Å². The van der Waals surface area contributed by atoms with Crippen molar-refractivity contribution in [3.05, 3.63) is 39.4 Å². The number of carbonyl (C=O) groups excluding carboxylic acids is 2. The first-order valence-corrected chi connectivity index (χ1v) is 4.15. The van der Waals surface area contributed by atoms with Crippen LogP contribution in [-0.2, 0) is 14.3 Å². The molecule has 0 saturated heterocycles. The van der Waals surface area contributed by atoms with Crippen LogP contribution in [-0.4, -0.2) is 35.1 Å². The minimum atomic E-state index is -1.74. The second-order valence-corrected chi connectivity index (χ2v) is 2.99. The first-order chi connectivity index (χ1) is 7.40. The van der Waals surface area contributed by atoms with Crippen LogP contribution in [0.1, 0.15) is 0 Å². The van der Waals surface area contributed by atoms with Gasteiger partial charge in [0.25, 0.3) is 0 Å². The SMILES string of the molecule is COC(=O)C[N+]1([O-])C=CC=C([N+](=O)[O-])C1=O. The van der Waals surface area contributed by atoms with Gasteiger partial charge in [0.15, 0.2) is 6.54 Å². The molecule has 1 aliphatic heterocycles. The fraction of sp³-hybridized carbons (Fsp3) is 0.250. The summed E-state index contributed by atoms with van der Waals surface area (Å²) in [5, 5.41) is 22.2. The van der Waals surface area contributed by atoms with Gasteiger partial charge in [0, 0.05) is 6.08 Å². The van der Waals surface area contributed by atoms with Gasteiger partial charge in [-0.1, -0.05) is 0 Å². The van der Waals surface area contributed by atoms with E-state index in [2.05, 4.69) is 4.74 Å². The van der Waals surface area contributed by atoms with Crippen molar-refractivity contribution in [2.75, 3.05) is 13.7 Å². The van der Waals surface area contributed by atoms with E-state index >= 15 is 0 Å². The number of methoxy groups -OCH3 is 1. The van der Waals surface area contributed by atoms with E-state index in [9.17, 15) is 24.9 Å². The molecule has 0 aromatic heterocycles. The zero-order chi connectivity index (χ0) is 12.3. The van der Waals surface area contributed by atoms with Gasteiger partial charge in [-0.05, 0) is 6.08 Å². The molecule has 16 heavy (non-hydrogen) atoms. The van der Waals surface area contributed by atoms with Crippen molar-refractivity contribution in [2.24, 2.45) is 0 Å². The number of ether oxygens (including phenoxy) is 1. The number of rotatable bonds is 3. The number of carbonyl (C=O) groups is 2. The molecule has 0 radical (unpaired) electrons. The summed E-state index contributed by atoms with van der Waals surface area (Å²) in [7, 11) is 1.05. The molecule has 0 bridgehead atoms. The van der Waals surface area contributed by atoms with E-state index in [1.807, 2.05) is 0 Å². The number of amides is 1. The molecule has 0 aliphatic carbocycles. The summed E-state index contributed by atoms with van der Waals surface area (Å²) in [6, 6.07) is 0. The highest BCUT2D eigenvalue weighted by molar-refractivity contribution is 5.88. The highest BCUT2D eigenvalue weighted by atomic mass is 16.6. The van der Waals surface area contributed by atoms with Crippen LogP contribution < -0.4 is 0 Å². The number of hydrogen-bond donors (Lipinski definition) is 0. The molecule has 1 aliphatic rings. The maximum absolute atomic E-state index is 11.8. The molecule has 86 valence electrons. The topological polar surface area (TPSA) is 110 Å². The van der Waals surface area contributed by atoms with Crippen LogP contribution in [0.4, 0.5) is 0 Å². The van der Waals surface area contributed by atoms with E-state index in [1.54, 1.807) is 0 Å². The van der Waals surface area contributed by atoms with Crippen LogP contribution in [0.2, 0.25) is 0 Å². The summed E-state index contributed by atoms with van der Waals surface area (Å²) in [4.78, 5) is 31.8. The number of allylic oxidation sites excluding steroid dienone is 2. The molecule has 0 N–H and O–H groups in total. The normalized spacial score (nSPS) is 23.9. The smallest absolute Gasteiger partial charge is 0.421 e. The zero-order valence-electron chi connectivity index (χ0n) is 8.28. The molecule has 0 spiro atoms. The summed E-state index contributed by atoms with van der Waals surface area (Å²) in [6.07, 6.45) is 2.83. The van der Waals surface area contributed by atoms with Crippen molar-refractivity contribution < 1.29 is 23.9 Å². The van der Waals surface area contributed by atoms with Crippen LogP contribution >= 0.6 is 0 Å². The molecule has 8 nitrogen and oxygen atoms in total. The molecule has 1 rings (SSSR count). The Morgan fingerprint density at radius 3 is 2.75 bits per heavy atom. The van der Waals surface area contributed by atoms with Crippen molar-refractivity contribution in [3.63, 3.8) is 0 Å². The monoisotopic (exact) mass is 228 g/mol. The standard InChI is InChI=1S/C8H8N2O6/c1-16-7(11)5-10(15)4-2-3-6(8(10)12)9(13)14/h2-4H,5H2,1H3. The summed E-state index contributed by atoms with van der Waals surface area (Å²) in [6.45, 7) is -0.822. The number of quaternary nitrogens is 1. The Balaban J connectivity index is 2.97. The molecule has 0 saturated carbocycles. The predicted octanol–water partition coefficient (Wildman–Crippen LogP) is -0.312. The Labute approximate surface area is 89.7 Å². The molecule has 0 fully saturated rings. The molecule has 8 heteroatoms. The quantitative estimate of drug-likeness (QED) is 0.215. The molecule has 1 atom stereocenters. The minimum absolute atomic E-state index is 0.822. The first kappa shape index (κ1) is 12.0. The lowest BCUT2D eigenvalue weighted by Crippen LogP contribution is -2.49. The fourth-order valence-corrected chi connectivity index (χ4v) is 1.13. The fourth-order valence-electron chi connectivity index (χ4n) is 1.13. The largest absolute Gasteiger partial charge is 0.619 e. The third kappa shape index (κ3) is 2.12. The van der Waals surface area contributed by atoms with E-state index in [4.69, 9.17) is 0 Å². The predicted molar refractivity (Wildman–Crippen MR) is 49.7 cm³/mol. The number of esters is 1. The summed E-state index contributed by atoms with van der Waals surface area (Å²) in [5.74, 6) is -2.21. The highest BCUT2D eigenvalue weighted by Crippen LogP contribution is 2.18. The highest BCUT2D eigenvalue weighted by Gasteiger charge is 2.40. The van der Waals surface area contributed by atoms with Gasteiger partial charge in [0.05, 0.1) is 12.0 Å². The van der Waals surface area contributed by atoms with Crippen molar-refractivity contribution >= 4 is 11.9 Å². The average Bonchev–Trinajstić information content (AvgIpc) is 2.21. The zero-order valence-corrected chi connectivity index (χ0v) is 8.28. The third-order valence-corrected chi connectivity index (χ3v) is 1.93. The second kappa shape index (κ2) is 4.21. The number of hydroxylamine groups is 3. The first-order valence-electron chi connectivity index (χ1n) is 4.15. The minimum Gasteiger partial charge on any atom is -0.619 e. The van der Waals surface area contributed by atoms with E-state index < -0.39 is 33.7 Å². The molecular formula is C8H8N2O6. The number of nitrogens with zero attached hydrogens (tertiary/aromatic N) is 2. The van der Waals surface area contributed by atoms with Gasteiger partial charge in [-0.25, -0.2) is 9.59 Å². The lowest BCUT2D eigenvalue weighted by molar-refractivity contribution is -0.744. The van der Waals surface area contributed by atoms with Crippen molar-refractivity contribution in [1.29, 1.82) is 0 Å². The van der Waals surface area contributed by atoms with Crippen LogP contribution in [0, 0.1) is 15.3 Å². The lowest BCUT2D eigenvalue weighted by atomic mass is 10.2. The van der Waals surface area contributed by atoms with E-state index in [-0.39, 0.29) is 0 Å². The van der Waals surface area contributed by atoms with Crippen LogP contribution in [0.15, 0.2) is 24.0 Å². The Hall–Kier alpha value is -2.06. The molecule has 0 aromatic carbocycles. The van der Waals surface area contributed by atoms with Gasteiger partial charge in [-0.15, -0.1) is 0 Å². The molecule has 1 amide bonds. The molecule has 1 unspecified atom stereocenters. The van der Waals surface area contributed by atoms with Crippen molar-refractivity contribution in [3.8, 4) is 0 Å². The van der Waals surface area contributed by atoms with E-state index in [1.165, 1.54) is 0 Å². The van der Waals surface area contributed by atoms with Crippen molar-refractivity contribution in [1.82, 2.24) is 0 Å². The third-order valence-electron chi connectivity index (χ3n) is 1.93. The average molecular weight is 228 g/mol. The van der Waals surface area contributed by atoms with Gasteiger partial charge in [-0.2, -0.15) is 0 Å². The Morgan fingerprint density at radius 2 is 2.25 bits per heavy atom. The van der Waals surface area contributed by atoms with Crippen LogP contribution in [0.25, 0.3) is 0 Å². The van der Waals surface area contributed by atoms with Gasteiger partial charge in [0.1, 0.15) is 6.20 Å². The van der Waals surface area contributed by atoms with E-state index in [0.29, 0.717) is 0 Å².